The van der Waals surface area contributed by atoms with E-state index in [0.29, 0.717) is 27.2 Å². The van der Waals surface area contributed by atoms with Gasteiger partial charge >= 0.3 is 0 Å². The van der Waals surface area contributed by atoms with E-state index in [1.165, 1.54) is 5.56 Å². The number of fused-ring (bicyclic) bond motifs is 1. The highest BCUT2D eigenvalue weighted by Gasteiger charge is 2.06. The van der Waals surface area contributed by atoms with Crippen molar-refractivity contribution >= 4 is 34.7 Å². The average Bonchev–Trinajstić information content (AvgIpc) is 2.45. The maximum Gasteiger partial charge on any atom is 0.262 e. The Labute approximate surface area is 131 Å². The molecule has 0 fully saturated rings. The molecule has 1 N–H and O–H groups in total. The van der Waals surface area contributed by atoms with Gasteiger partial charge in [-0.3, -0.25) is 9.36 Å². The largest absolute Gasteiger partial charge is 0.331 e. The summed E-state index contributed by atoms with van der Waals surface area (Å²) in [5.74, 6) is 0. The van der Waals surface area contributed by atoms with Gasteiger partial charge in [-0.25, -0.2) is 0 Å². The van der Waals surface area contributed by atoms with Crippen LogP contribution in [0.5, 0.6) is 0 Å². The highest BCUT2D eigenvalue weighted by molar-refractivity contribution is 7.71. The Morgan fingerprint density at radius 1 is 1.19 bits per heavy atom. The highest BCUT2D eigenvalue weighted by Crippen LogP contribution is 2.15. The van der Waals surface area contributed by atoms with Crippen LogP contribution in [0.1, 0.15) is 11.1 Å². The third-order valence-corrected chi connectivity index (χ3v) is 3.96. The summed E-state index contributed by atoms with van der Waals surface area (Å²) in [6, 6.07) is 13.2. The molecule has 3 aromatic rings. The first-order valence-electron chi connectivity index (χ1n) is 6.52. The Morgan fingerprint density at radius 2 is 1.90 bits per heavy atom. The van der Waals surface area contributed by atoms with E-state index >= 15 is 0 Å². The molecular formula is C16H13ClN2OS. The highest BCUT2D eigenvalue weighted by atomic mass is 35.5. The average molecular weight is 317 g/mol. The number of aromatic nitrogens is 2. The standard InChI is InChI=1S/C16H13ClN2OS/c1-10-2-4-11(5-3-10)9-19-15(20)13-7-6-12(17)8-14(13)18-16(19)21/h2-8H,9H2,1H3,(H,18,21). The van der Waals surface area contributed by atoms with E-state index in [1.807, 2.05) is 31.2 Å². The molecule has 0 spiro atoms. The van der Waals surface area contributed by atoms with Crippen molar-refractivity contribution < 1.29 is 0 Å². The molecule has 21 heavy (non-hydrogen) atoms. The molecule has 3 rings (SSSR count). The van der Waals surface area contributed by atoms with Crippen LogP contribution in [-0.4, -0.2) is 9.55 Å². The summed E-state index contributed by atoms with van der Waals surface area (Å²) < 4.78 is 1.96. The molecule has 1 aromatic heterocycles. The number of aromatic amines is 1. The zero-order valence-corrected chi connectivity index (χ0v) is 13.0. The van der Waals surface area contributed by atoms with Gasteiger partial charge in [0.15, 0.2) is 4.77 Å². The Morgan fingerprint density at radius 3 is 2.62 bits per heavy atom. The number of nitrogens with one attached hydrogen (secondary N) is 1. The van der Waals surface area contributed by atoms with Crippen molar-refractivity contribution in [1.82, 2.24) is 9.55 Å². The minimum absolute atomic E-state index is 0.106. The SMILES string of the molecule is Cc1ccc(Cn2c(=S)[nH]c3cc(Cl)ccc3c2=O)cc1. The van der Waals surface area contributed by atoms with Crippen LogP contribution in [0.3, 0.4) is 0 Å². The van der Waals surface area contributed by atoms with Gasteiger partial charge in [-0.2, -0.15) is 0 Å². The van der Waals surface area contributed by atoms with E-state index in [9.17, 15) is 4.79 Å². The number of hydrogen-bond acceptors (Lipinski definition) is 2. The van der Waals surface area contributed by atoms with Crippen LogP contribution in [0.2, 0.25) is 5.02 Å². The van der Waals surface area contributed by atoms with E-state index in [4.69, 9.17) is 23.8 Å². The van der Waals surface area contributed by atoms with Gasteiger partial charge in [-0.1, -0.05) is 41.4 Å². The van der Waals surface area contributed by atoms with Crippen LogP contribution in [0, 0.1) is 11.7 Å². The Hall–Kier alpha value is -1.91. The van der Waals surface area contributed by atoms with Crippen LogP contribution in [0.4, 0.5) is 0 Å². The van der Waals surface area contributed by atoms with Crippen LogP contribution in [0.25, 0.3) is 10.9 Å². The number of aryl methyl sites for hydroxylation is 1. The third-order valence-electron chi connectivity index (χ3n) is 3.41. The Bertz CT molecular complexity index is 926. The molecule has 0 amide bonds. The molecule has 0 saturated heterocycles. The van der Waals surface area contributed by atoms with Crippen LogP contribution >= 0.6 is 23.8 Å². The minimum atomic E-state index is -0.106. The monoisotopic (exact) mass is 316 g/mol. The molecule has 5 heteroatoms. The second kappa shape index (κ2) is 5.47. The summed E-state index contributed by atoms with van der Waals surface area (Å²) in [4.78, 5) is 15.6. The molecule has 1 heterocycles. The number of rotatable bonds is 2. The lowest BCUT2D eigenvalue weighted by molar-refractivity contribution is 0.734. The molecule has 0 aliphatic heterocycles. The maximum atomic E-state index is 12.6. The van der Waals surface area contributed by atoms with Gasteiger partial charge in [0, 0.05) is 5.02 Å². The molecule has 2 aromatic carbocycles. The van der Waals surface area contributed by atoms with Gasteiger partial charge in [-0.15, -0.1) is 0 Å². The van der Waals surface area contributed by atoms with Crippen molar-refractivity contribution in [2.75, 3.05) is 0 Å². The van der Waals surface area contributed by atoms with Gasteiger partial charge < -0.3 is 4.98 Å². The quantitative estimate of drug-likeness (QED) is 0.724. The molecule has 0 saturated carbocycles. The molecule has 0 radical (unpaired) electrons. The van der Waals surface area contributed by atoms with Crippen molar-refractivity contribution in [2.45, 2.75) is 13.5 Å². The van der Waals surface area contributed by atoms with Crippen molar-refractivity contribution in [1.29, 1.82) is 0 Å². The zero-order valence-electron chi connectivity index (χ0n) is 11.4. The number of benzene rings is 2. The van der Waals surface area contributed by atoms with Gasteiger partial charge in [0.25, 0.3) is 5.56 Å². The topological polar surface area (TPSA) is 37.8 Å². The molecule has 3 nitrogen and oxygen atoms in total. The molecule has 0 aliphatic rings. The van der Waals surface area contributed by atoms with Gasteiger partial charge in [0.05, 0.1) is 17.4 Å². The normalized spacial score (nSPS) is 11.0. The zero-order chi connectivity index (χ0) is 15.0. The van der Waals surface area contributed by atoms with Crippen molar-refractivity contribution in [3.8, 4) is 0 Å². The van der Waals surface area contributed by atoms with Gasteiger partial charge in [0.1, 0.15) is 0 Å². The lowest BCUT2D eigenvalue weighted by Crippen LogP contribution is -2.22. The molecule has 0 unspecified atom stereocenters. The number of H-pyrrole nitrogens is 1. The first-order valence-corrected chi connectivity index (χ1v) is 7.31. The third kappa shape index (κ3) is 2.77. The van der Waals surface area contributed by atoms with Crippen LogP contribution < -0.4 is 5.56 Å². The summed E-state index contributed by atoms with van der Waals surface area (Å²) in [5, 5.41) is 1.16. The summed E-state index contributed by atoms with van der Waals surface area (Å²) in [5.41, 5.74) is 2.78. The van der Waals surface area contributed by atoms with Crippen molar-refractivity contribution in [2.24, 2.45) is 0 Å². The van der Waals surface area contributed by atoms with Crippen molar-refractivity contribution in [3.05, 3.63) is 73.7 Å². The second-order valence-electron chi connectivity index (χ2n) is 5.00. The fraction of sp³-hybridized carbons (Fsp3) is 0.125. The van der Waals surface area contributed by atoms with E-state index < -0.39 is 0 Å². The second-order valence-corrected chi connectivity index (χ2v) is 5.82. The van der Waals surface area contributed by atoms with Crippen LogP contribution in [-0.2, 0) is 6.54 Å². The summed E-state index contributed by atoms with van der Waals surface area (Å²) in [6.45, 7) is 2.48. The molecule has 106 valence electrons. The number of nitrogens with zero attached hydrogens (tertiary/aromatic N) is 1. The van der Waals surface area contributed by atoms with Crippen molar-refractivity contribution in [3.63, 3.8) is 0 Å². The predicted molar refractivity (Wildman–Crippen MR) is 88.7 cm³/mol. The number of hydrogen-bond donors (Lipinski definition) is 1. The lowest BCUT2D eigenvalue weighted by atomic mass is 10.1. The fourth-order valence-electron chi connectivity index (χ4n) is 2.25. The Balaban J connectivity index is 2.14. The molecule has 0 atom stereocenters. The summed E-state index contributed by atoms with van der Waals surface area (Å²) in [6.07, 6.45) is 0. The summed E-state index contributed by atoms with van der Waals surface area (Å²) >= 11 is 11.2. The van der Waals surface area contributed by atoms with E-state index in [0.717, 1.165) is 5.56 Å². The van der Waals surface area contributed by atoms with E-state index in [1.54, 1.807) is 22.8 Å². The Kier molecular flexibility index (Phi) is 3.66. The van der Waals surface area contributed by atoms with Crippen LogP contribution in [0.15, 0.2) is 47.3 Å². The lowest BCUT2D eigenvalue weighted by Gasteiger charge is -2.08. The predicted octanol–water partition coefficient (Wildman–Crippen LogP) is 4.07. The molecule has 0 aliphatic carbocycles. The smallest absolute Gasteiger partial charge is 0.262 e. The molecule has 0 bridgehead atoms. The van der Waals surface area contributed by atoms with E-state index in [2.05, 4.69) is 4.98 Å². The minimum Gasteiger partial charge on any atom is -0.331 e. The summed E-state index contributed by atoms with van der Waals surface area (Å²) in [7, 11) is 0. The first-order chi connectivity index (χ1) is 10.0. The van der Waals surface area contributed by atoms with Gasteiger partial charge in [-0.05, 0) is 42.9 Å². The van der Waals surface area contributed by atoms with E-state index in [-0.39, 0.29) is 5.56 Å². The fourth-order valence-corrected chi connectivity index (χ4v) is 2.68. The number of halogens is 1. The molecular weight excluding hydrogens is 304 g/mol. The van der Waals surface area contributed by atoms with Gasteiger partial charge in [0.2, 0.25) is 0 Å². The first kappa shape index (κ1) is 14.0. The maximum absolute atomic E-state index is 12.6.